The number of furan rings is 1. The number of rotatable bonds is 6. The maximum absolute atomic E-state index is 12.1. The second-order valence-corrected chi connectivity index (χ2v) is 6.08. The molecule has 1 aromatic heterocycles. The van der Waals surface area contributed by atoms with E-state index in [0.717, 1.165) is 17.1 Å². The monoisotopic (exact) mass is 297 g/mol. The van der Waals surface area contributed by atoms with Crippen molar-refractivity contribution in [2.24, 2.45) is 0 Å². The van der Waals surface area contributed by atoms with Gasteiger partial charge in [-0.3, -0.25) is 4.21 Å². The van der Waals surface area contributed by atoms with E-state index in [4.69, 9.17) is 16.0 Å². The summed E-state index contributed by atoms with van der Waals surface area (Å²) in [4.78, 5) is 0. The second kappa shape index (κ2) is 6.89. The summed E-state index contributed by atoms with van der Waals surface area (Å²) in [6.07, 6.45) is 0. The molecule has 0 fully saturated rings. The van der Waals surface area contributed by atoms with Crippen LogP contribution in [-0.4, -0.2) is 11.3 Å². The second-order valence-electron chi connectivity index (χ2n) is 4.22. The van der Waals surface area contributed by atoms with Gasteiger partial charge in [0.2, 0.25) is 0 Å². The fourth-order valence-corrected chi connectivity index (χ4v) is 3.22. The highest BCUT2D eigenvalue weighted by Gasteiger charge is 2.09. The first-order valence-corrected chi connectivity index (χ1v) is 7.86. The number of benzene rings is 1. The van der Waals surface area contributed by atoms with Crippen LogP contribution in [0.2, 0.25) is 5.02 Å². The van der Waals surface area contributed by atoms with Crippen molar-refractivity contribution in [3.05, 3.63) is 58.5 Å². The predicted molar refractivity (Wildman–Crippen MR) is 78.5 cm³/mol. The molecule has 0 aliphatic heterocycles. The molecule has 19 heavy (non-hydrogen) atoms. The summed E-state index contributed by atoms with van der Waals surface area (Å²) in [5.74, 6) is 2.46. The lowest BCUT2D eigenvalue weighted by Crippen LogP contribution is -2.03. The van der Waals surface area contributed by atoms with Crippen LogP contribution in [0.4, 0.5) is 0 Å². The van der Waals surface area contributed by atoms with Crippen LogP contribution in [0.3, 0.4) is 0 Å². The quantitative estimate of drug-likeness (QED) is 0.891. The third kappa shape index (κ3) is 4.20. The van der Waals surface area contributed by atoms with Gasteiger partial charge in [-0.1, -0.05) is 29.8 Å². The standard InChI is InChI=1S/C14H16ClNO2S/c1-16-8-12-6-7-13(18-12)10-19(17)9-11-4-2-3-5-14(11)15/h2-7,16H,8-10H2,1H3. The van der Waals surface area contributed by atoms with Gasteiger partial charge in [0.1, 0.15) is 11.5 Å². The zero-order valence-corrected chi connectivity index (χ0v) is 12.3. The fraction of sp³-hybridized carbons (Fsp3) is 0.286. The first kappa shape index (κ1) is 14.3. The highest BCUT2D eigenvalue weighted by Crippen LogP contribution is 2.18. The highest BCUT2D eigenvalue weighted by atomic mass is 35.5. The molecular weight excluding hydrogens is 282 g/mol. The summed E-state index contributed by atoms with van der Waals surface area (Å²) in [6.45, 7) is 0.678. The molecule has 1 heterocycles. The van der Waals surface area contributed by atoms with E-state index in [9.17, 15) is 4.21 Å². The summed E-state index contributed by atoms with van der Waals surface area (Å²) in [7, 11) is 0.837. The Morgan fingerprint density at radius 1 is 1.16 bits per heavy atom. The Hall–Kier alpha value is -1.10. The van der Waals surface area contributed by atoms with E-state index in [1.54, 1.807) is 0 Å². The van der Waals surface area contributed by atoms with E-state index in [2.05, 4.69) is 5.32 Å². The van der Waals surface area contributed by atoms with Crippen molar-refractivity contribution in [2.45, 2.75) is 18.1 Å². The Balaban J connectivity index is 1.95. The van der Waals surface area contributed by atoms with Gasteiger partial charge in [-0.05, 0) is 30.8 Å². The van der Waals surface area contributed by atoms with Gasteiger partial charge in [0.05, 0.1) is 18.1 Å². The molecule has 1 aromatic carbocycles. The molecular formula is C14H16ClNO2S. The summed E-state index contributed by atoms with van der Waals surface area (Å²) in [5, 5.41) is 3.67. The topological polar surface area (TPSA) is 42.2 Å². The van der Waals surface area contributed by atoms with Gasteiger partial charge in [-0.15, -0.1) is 0 Å². The van der Waals surface area contributed by atoms with Crippen molar-refractivity contribution >= 4 is 22.4 Å². The Morgan fingerprint density at radius 2 is 1.89 bits per heavy atom. The Morgan fingerprint density at radius 3 is 2.63 bits per heavy atom. The van der Waals surface area contributed by atoms with E-state index in [-0.39, 0.29) is 0 Å². The van der Waals surface area contributed by atoms with Gasteiger partial charge < -0.3 is 9.73 Å². The van der Waals surface area contributed by atoms with Gasteiger partial charge in [0.15, 0.2) is 0 Å². The average Bonchev–Trinajstić information content (AvgIpc) is 2.80. The summed E-state index contributed by atoms with van der Waals surface area (Å²) in [6, 6.07) is 11.2. The molecule has 2 rings (SSSR count). The van der Waals surface area contributed by atoms with Crippen molar-refractivity contribution in [2.75, 3.05) is 7.05 Å². The Labute approximate surface area is 120 Å². The molecule has 3 nitrogen and oxygen atoms in total. The molecule has 102 valence electrons. The molecule has 0 saturated carbocycles. The van der Waals surface area contributed by atoms with Crippen LogP contribution in [0.5, 0.6) is 0 Å². The minimum atomic E-state index is -1.02. The van der Waals surface area contributed by atoms with Crippen LogP contribution in [-0.2, 0) is 28.9 Å². The van der Waals surface area contributed by atoms with Crippen LogP contribution in [0.1, 0.15) is 17.1 Å². The van der Waals surface area contributed by atoms with Gasteiger partial charge in [0.25, 0.3) is 0 Å². The first-order valence-electron chi connectivity index (χ1n) is 5.99. The predicted octanol–water partition coefficient (Wildman–Crippen LogP) is 3.10. The maximum Gasteiger partial charge on any atom is 0.117 e. The van der Waals surface area contributed by atoms with Crippen molar-refractivity contribution in [3.63, 3.8) is 0 Å². The minimum absolute atomic E-state index is 0.412. The molecule has 0 saturated heterocycles. The minimum Gasteiger partial charge on any atom is -0.464 e. The van der Waals surface area contributed by atoms with Crippen LogP contribution in [0, 0.1) is 0 Å². The van der Waals surface area contributed by atoms with Gasteiger partial charge in [0, 0.05) is 15.8 Å². The smallest absolute Gasteiger partial charge is 0.117 e. The maximum atomic E-state index is 12.1. The molecule has 0 aliphatic carbocycles. The number of halogens is 1. The van der Waals surface area contributed by atoms with E-state index in [1.165, 1.54) is 0 Å². The average molecular weight is 298 g/mol. The molecule has 0 radical (unpaired) electrons. The Kier molecular flexibility index (Phi) is 5.19. The van der Waals surface area contributed by atoms with Crippen molar-refractivity contribution in [1.82, 2.24) is 5.32 Å². The third-order valence-electron chi connectivity index (χ3n) is 2.65. The molecule has 1 unspecified atom stereocenters. The van der Waals surface area contributed by atoms with Gasteiger partial charge >= 0.3 is 0 Å². The lowest BCUT2D eigenvalue weighted by molar-refractivity contribution is 0.467. The van der Waals surface area contributed by atoms with Crippen LogP contribution in [0.15, 0.2) is 40.8 Å². The normalized spacial score (nSPS) is 12.5. The summed E-state index contributed by atoms with van der Waals surface area (Å²) < 4.78 is 17.7. The number of nitrogens with one attached hydrogen (secondary N) is 1. The summed E-state index contributed by atoms with van der Waals surface area (Å²) >= 11 is 6.05. The molecule has 5 heteroatoms. The van der Waals surface area contributed by atoms with Gasteiger partial charge in [-0.2, -0.15) is 0 Å². The van der Waals surface area contributed by atoms with E-state index >= 15 is 0 Å². The molecule has 0 bridgehead atoms. The largest absolute Gasteiger partial charge is 0.464 e. The van der Waals surface area contributed by atoms with Crippen LogP contribution in [0.25, 0.3) is 0 Å². The zero-order valence-electron chi connectivity index (χ0n) is 10.7. The molecule has 0 aliphatic rings. The van der Waals surface area contributed by atoms with Crippen molar-refractivity contribution in [3.8, 4) is 0 Å². The molecule has 2 aromatic rings. The molecule has 1 N–H and O–H groups in total. The molecule has 0 amide bonds. The van der Waals surface area contributed by atoms with Crippen molar-refractivity contribution in [1.29, 1.82) is 0 Å². The molecule has 0 spiro atoms. The molecule has 1 atom stereocenters. The van der Waals surface area contributed by atoms with E-state index < -0.39 is 10.8 Å². The zero-order chi connectivity index (χ0) is 13.7. The number of hydrogen-bond donors (Lipinski definition) is 1. The van der Waals surface area contributed by atoms with Crippen LogP contribution >= 0.6 is 11.6 Å². The number of hydrogen-bond acceptors (Lipinski definition) is 3. The van der Waals surface area contributed by atoms with E-state index in [1.807, 2.05) is 43.4 Å². The van der Waals surface area contributed by atoms with Crippen molar-refractivity contribution < 1.29 is 8.63 Å². The van der Waals surface area contributed by atoms with Crippen LogP contribution < -0.4 is 5.32 Å². The SMILES string of the molecule is CNCc1ccc(CS(=O)Cc2ccccc2Cl)o1. The lowest BCUT2D eigenvalue weighted by atomic mass is 10.2. The lowest BCUT2D eigenvalue weighted by Gasteiger charge is -2.03. The highest BCUT2D eigenvalue weighted by molar-refractivity contribution is 7.83. The summed E-state index contributed by atoms with van der Waals surface area (Å²) in [5.41, 5.74) is 0.907. The Bertz CT molecular complexity index is 568. The van der Waals surface area contributed by atoms with E-state index in [0.29, 0.717) is 23.1 Å². The first-order chi connectivity index (χ1) is 9.19. The van der Waals surface area contributed by atoms with Gasteiger partial charge in [-0.25, -0.2) is 0 Å². The third-order valence-corrected chi connectivity index (χ3v) is 4.25. The fourth-order valence-electron chi connectivity index (χ4n) is 1.77.